The highest BCUT2D eigenvalue weighted by Gasteiger charge is 2.36. The van der Waals surface area contributed by atoms with Crippen molar-refractivity contribution in [3.8, 4) is 22.4 Å². The average Bonchev–Trinajstić information content (AvgIpc) is 3.23. The van der Waals surface area contributed by atoms with Crippen LogP contribution in [0.15, 0.2) is 48.5 Å². The molecule has 0 radical (unpaired) electrons. The number of carbonyl (C=O) groups is 2. The standard InChI is InChI=1S/C44H59FN2O6Si/c1-28(2)40-36(21-20-33-25-34(52-44(6,7)51-33)26-38(48)53-43(3,4)5)39(31-16-18-32(45)19-17-31)35-13-11-12-30-15-14-29(24-37(30)41(35)47-40)27-46-42(49)50-22-23-54(8,9)10/h14-21,24,28,33-34H,11-13,22-23,25-27H2,1-10H3,(H,46,49)/b21-20+/t33-,34-/m1/s1. The monoisotopic (exact) mass is 758 g/mol. The Morgan fingerprint density at radius 3 is 2.46 bits per heavy atom. The molecule has 1 N–H and O–H groups in total. The number of pyridine rings is 1. The van der Waals surface area contributed by atoms with E-state index in [1.54, 1.807) is 0 Å². The van der Waals surface area contributed by atoms with Gasteiger partial charge < -0.3 is 24.3 Å². The molecular weight excluding hydrogens is 700 g/mol. The van der Waals surface area contributed by atoms with Gasteiger partial charge in [-0.25, -0.2) is 9.18 Å². The summed E-state index contributed by atoms with van der Waals surface area (Å²) in [5, 5.41) is 2.93. The van der Waals surface area contributed by atoms with Crippen molar-refractivity contribution in [3.63, 3.8) is 0 Å². The summed E-state index contributed by atoms with van der Waals surface area (Å²) in [6.45, 7) is 21.1. The van der Waals surface area contributed by atoms with Gasteiger partial charge in [-0.1, -0.05) is 69.9 Å². The zero-order valence-electron chi connectivity index (χ0n) is 33.9. The number of nitrogens with one attached hydrogen (secondary N) is 1. The summed E-state index contributed by atoms with van der Waals surface area (Å²) in [6.07, 6.45) is 6.23. The minimum Gasteiger partial charge on any atom is -0.460 e. The van der Waals surface area contributed by atoms with Crippen molar-refractivity contribution >= 4 is 26.2 Å². The maximum atomic E-state index is 14.4. The van der Waals surface area contributed by atoms with Gasteiger partial charge in [-0.05, 0) is 112 Å². The van der Waals surface area contributed by atoms with Crippen LogP contribution in [0.1, 0.15) is 102 Å². The van der Waals surface area contributed by atoms with Gasteiger partial charge in [0.2, 0.25) is 0 Å². The van der Waals surface area contributed by atoms with Gasteiger partial charge in [-0.15, -0.1) is 0 Å². The van der Waals surface area contributed by atoms with E-state index in [0.717, 1.165) is 70.1 Å². The van der Waals surface area contributed by atoms with Crippen LogP contribution in [0, 0.1) is 5.82 Å². The number of fused-ring (bicyclic) bond motifs is 3. The van der Waals surface area contributed by atoms with Crippen LogP contribution in [0.2, 0.25) is 25.7 Å². The number of benzene rings is 2. The Morgan fingerprint density at radius 2 is 1.80 bits per heavy atom. The third-order valence-corrected chi connectivity index (χ3v) is 11.2. The quantitative estimate of drug-likeness (QED) is 0.154. The first kappa shape index (κ1) is 41.3. The van der Waals surface area contributed by atoms with Crippen LogP contribution in [0.4, 0.5) is 9.18 Å². The second kappa shape index (κ2) is 16.9. The third kappa shape index (κ3) is 11.3. The second-order valence-electron chi connectivity index (χ2n) is 17.6. The van der Waals surface area contributed by atoms with Crippen molar-refractivity contribution in [2.75, 3.05) is 6.61 Å². The Kier molecular flexibility index (Phi) is 12.9. The van der Waals surface area contributed by atoms with Crippen LogP contribution >= 0.6 is 0 Å². The molecule has 2 atom stereocenters. The van der Waals surface area contributed by atoms with E-state index in [4.69, 9.17) is 23.9 Å². The molecule has 8 nitrogen and oxygen atoms in total. The molecule has 2 aliphatic rings. The molecule has 0 saturated carbocycles. The number of hydrogen-bond donors (Lipinski definition) is 1. The largest absolute Gasteiger partial charge is 0.460 e. The number of nitrogens with zero attached hydrogens (tertiary/aromatic N) is 1. The summed E-state index contributed by atoms with van der Waals surface area (Å²) in [4.78, 5) is 30.7. The molecule has 5 rings (SSSR count). The highest BCUT2D eigenvalue weighted by atomic mass is 28.3. The summed E-state index contributed by atoms with van der Waals surface area (Å²) in [6, 6.07) is 14.0. The van der Waals surface area contributed by atoms with Crippen molar-refractivity contribution in [1.29, 1.82) is 0 Å². The van der Waals surface area contributed by atoms with Crippen molar-refractivity contribution in [2.45, 2.75) is 142 Å². The number of ether oxygens (including phenoxy) is 4. The normalized spacial score (nSPS) is 18.5. The van der Waals surface area contributed by atoms with Crippen molar-refractivity contribution < 1.29 is 32.9 Å². The van der Waals surface area contributed by atoms with Crippen LogP contribution in [-0.2, 0) is 43.1 Å². The van der Waals surface area contributed by atoms with Gasteiger partial charge in [0, 0.05) is 32.2 Å². The zero-order chi connectivity index (χ0) is 39.4. The van der Waals surface area contributed by atoms with Gasteiger partial charge in [0.15, 0.2) is 5.79 Å². The summed E-state index contributed by atoms with van der Waals surface area (Å²) in [7, 11) is -1.31. The molecule has 1 amide bonds. The average molecular weight is 759 g/mol. The molecule has 1 aliphatic carbocycles. The lowest BCUT2D eigenvalue weighted by Crippen LogP contribution is -2.45. The Bertz CT molecular complexity index is 1840. The second-order valence-corrected chi connectivity index (χ2v) is 23.2. The number of aromatic nitrogens is 1. The number of amides is 1. The van der Waals surface area contributed by atoms with Gasteiger partial charge in [-0.3, -0.25) is 9.78 Å². The topological polar surface area (TPSA) is 96.0 Å². The number of hydrogen-bond acceptors (Lipinski definition) is 7. The van der Waals surface area contributed by atoms with Crippen LogP contribution in [0.25, 0.3) is 28.5 Å². The minimum atomic E-state index is -1.31. The summed E-state index contributed by atoms with van der Waals surface area (Å²) < 4.78 is 38.0. The van der Waals surface area contributed by atoms with Crippen molar-refractivity contribution in [3.05, 3.63) is 82.3 Å². The van der Waals surface area contributed by atoms with E-state index in [1.807, 2.05) is 52.8 Å². The molecule has 292 valence electrons. The molecule has 1 fully saturated rings. The lowest BCUT2D eigenvalue weighted by atomic mass is 9.86. The Labute approximate surface area is 322 Å². The fourth-order valence-corrected chi connectivity index (χ4v) is 7.86. The molecule has 0 bridgehead atoms. The van der Waals surface area contributed by atoms with E-state index < -0.39 is 25.6 Å². The minimum absolute atomic E-state index is 0.0589. The van der Waals surface area contributed by atoms with Gasteiger partial charge in [0.25, 0.3) is 0 Å². The number of carbonyl (C=O) groups excluding carboxylic acids is 2. The van der Waals surface area contributed by atoms with E-state index in [9.17, 15) is 14.0 Å². The van der Waals surface area contributed by atoms with E-state index in [-0.39, 0.29) is 36.3 Å². The summed E-state index contributed by atoms with van der Waals surface area (Å²) >= 11 is 0. The molecule has 0 unspecified atom stereocenters. The Hall–Kier alpha value is -3.86. The molecule has 2 heterocycles. The van der Waals surface area contributed by atoms with Crippen LogP contribution in [0.5, 0.6) is 0 Å². The highest BCUT2D eigenvalue weighted by molar-refractivity contribution is 6.76. The number of alkyl carbamates (subject to hydrolysis) is 1. The maximum absolute atomic E-state index is 14.4. The number of esters is 1. The van der Waals surface area contributed by atoms with E-state index in [1.165, 1.54) is 17.7 Å². The molecule has 0 spiro atoms. The SMILES string of the molecule is CC(C)c1nc2c(c(-c3ccc(F)cc3)c1/C=C/[C@@H]1C[C@H](CC(=O)OC(C)(C)C)OC(C)(C)O1)CCCc1ccc(CNC(=O)OCC[Si](C)(C)C)cc1-2. The van der Waals surface area contributed by atoms with Gasteiger partial charge in [0.1, 0.15) is 11.4 Å². The van der Waals surface area contributed by atoms with E-state index in [2.05, 4.69) is 63.1 Å². The first-order valence-corrected chi connectivity index (χ1v) is 23.1. The van der Waals surface area contributed by atoms with Gasteiger partial charge in [-0.2, -0.15) is 0 Å². The molecular formula is C44H59FN2O6Si. The van der Waals surface area contributed by atoms with Crippen LogP contribution in [-0.4, -0.2) is 55.3 Å². The molecule has 1 saturated heterocycles. The highest BCUT2D eigenvalue weighted by Crippen LogP contribution is 2.43. The Morgan fingerprint density at radius 1 is 1.07 bits per heavy atom. The molecule has 1 aromatic heterocycles. The first-order chi connectivity index (χ1) is 25.3. The Balaban J connectivity index is 1.53. The van der Waals surface area contributed by atoms with E-state index >= 15 is 0 Å². The van der Waals surface area contributed by atoms with Crippen LogP contribution < -0.4 is 5.32 Å². The maximum Gasteiger partial charge on any atom is 0.407 e. The predicted octanol–water partition coefficient (Wildman–Crippen LogP) is 10.4. The third-order valence-electron chi connectivity index (χ3n) is 9.54. The number of rotatable bonds is 11. The fraction of sp³-hybridized carbons (Fsp3) is 0.523. The van der Waals surface area contributed by atoms with Crippen LogP contribution in [0.3, 0.4) is 0 Å². The lowest BCUT2D eigenvalue weighted by Gasteiger charge is -2.40. The molecule has 3 aromatic rings. The predicted molar refractivity (Wildman–Crippen MR) is 215 cm³/mol. The molecule has 2 aromatic carbocycles. The zero-order valence-corrected chi connectivity index (χ0v) is 34.9. The fourth-order valence-electron chi connectivity index (χ4n) is 7.15. The smallest absolute Gasteiger partial charge is 0.407 e. The molecule has 1 aliphatic heterocycles. The molecule has 10 heteroatoms. The summed E-state index contributed by atoms with van der Waals surface area (Å²) in [5.74, 6) is -1.45. The van der Waals surface area contributed by atoms with Gasteiger partial charge >= 0.3 is 12.1 Å². The van der Waals surface area contributed by atoms with Crippen molar-refractivity contribution in [1.82, 2.24) is 10.3 Å². The number of halogens is 1. The molecule has 54 heavy (non-hydrogen) atoms. The summed E-state index contributed by atoms with van der Waals surface area (Å²) in [5.41, 5.74) is 8.49. The van der Waals surface area contributed by atoms with Gasteiger partial charge in [0.05, 0.1) is 36.6 Å². The van der Waals surface area contributed by atoms with Crippen molar-refractivity contribution in [2.24, 2.45) is 0 Å². The first-order valence-electron chi connectivity index (χ1n) is 19.4. The number of aryl methyl sites for hydroxylation is 1. The lowest BCUT2D eigenvalue weighted by molar-refractivity contribution is -0.290. The van der Waals surface area contributed by atoms with E-state index in [0.29, 0.717) is 19.6 Å².